The van der Waals surface area contributed by atoms with Crippen molar-refractivity contribution < 1.29 is 19.4 Å². The zero-order chi connectivity index (χ0) is 16.8. The van der Waals surface area contributed by atoms with Gasteiger partial charge < -0.3 is 4.74 Å². The fourth-order valence-corrected chi connectivity index (χ4v) is 2.08. The SMILES string of the molecule is O=C(O[C@@H]1C=CCCC=CC1)c1cc([N+](=O)[O-])cc([N+](=O)[O-])c1. The molecule has 0 amide bonds. The van der Waals surface area contributed by atoms with Gasteiger partial charge in [-0.3, -0.25) is 20.2 Å². The van der Waals surface area contributed by atoms with Crippen LogP contribution in [0.1, 0.15) is 29.6 Å². The number of benzene rings is 1. The lowest BCUT2D eigenvalue weighted by Crippen LogP contribution is -2.16. The van der Waals surface area contributed by atoms with E-state index in [1.54, 1.807) is 6.08 Å². The van der Waals surface area contributed by atoms with Crippen molar-refractivity contribution in [2.24, 2.45) is 0 Å². The fourth-order valence-electron chi connectivity index (χ4n) is 2.08. The van der Waals surface area contributed by atoms with Crippen LogP contribution in [-0.2, 0) is 4.74 Å². The van der Waals surface area contributed by atoms with Gasteiger partial charge in [-0.05, 0) is 18.9 Å². The molecule has 8 nitrogen and oxygen atoms in total. The second kappa shape index (κ2) is 7.30. The molecule has 0 saturated heterocycles. The summed E-state index contributed by atoms with van der Waals surface area (Å²) in [6.45, 7) is 0. The lowest BCUT2D eigenvalue weighted by Gasteiger charge is -2.13. The molecule has 0 fully saturated rings. The molecular weight excluding hydrogens is 304 g/mol. The predicted molar refractivity (Wildman–Crippen MR) is 81.1 cm³/mol. The van der Waals surface area contributed by atoms with E-state index in [2.05, 4.69) is 0 Å². The number of carbonyl (C=O) groups excluding carboxylic acids is 1. The summed E-state index contributed by atoms with van der Waals surface area (Å²) in [5, 5.41) is 21.7. The Balaban J connectivity index is 2.23. The molecule has 8 heteroatoms. The van der Waals surface area contributed by atoms with E-state index in [1.807, 2.05) is 18.2 Å². The highest BCUT2D eigenvalue weighted by Crippen LogP contribution is 2.24. The van der Waals surface area contributed by atoms with E-state index < -0.39 is 33.3 Å². The Morgan fingerprint density at radius 2 is 1.61 bits per heavy atom. The van der Waals surface area contributed by atoms with E-state index in [9.17, 15) is 25.0 Å². The highest BCUT2D eigenvalue weighted by Gasteiger charge is 2.22. The van der Waals surface area contributed by atoms with Gasteiger partial charge in [0.25, 0.3) is 11.4 Å². The average Bonchev–Trinajstić information content (AvgIpc) is 2.49. The van der Waals surface area contributed by atoms with Crippen LogP contribution in [0.15, 0.2) is 42.5 Å². The molecule has 0 bridgehead atoms. The van der Waals surface area contributed by atoms with Crippen molar-refractivity contribution in [1.29, 1.82) is 0 Å². The summed E-state index contributed by atoms with van der Waals surface area (Å²) in [6, 6.07) is 2.74. The van der Waals surface area contributed by atoms with Gasteiger partial charge in [-0.1, -0.05) is 18.2 Å². The first-order valence-electron chi connectivity index (χ1n) is 6.94. The summed E-state index contributed by atoms with van der Waals surface area (Å²) in [7, 11) is 0. The molecule has 1 atom stereocenters. The van der Waals surface area contributed by atoms with Crippen molar-refractivity contribution in [1.82, 2.24) is 0 Å². The third-order valence-electron chi connectivity index (χ3n) is 3.20. The lowest BCUT2D eigenvalue weighted by molar-refractivity contribution is -0.394. The van der Waals surface area contributed by atoms with Crippen LogP contribution < -0.4 is 0 Å². The normalized spacial score (nSPS) is 17.1. The van der Waals surface area contributed by atoms with Crippen LogP contribution in [-0.4, -0.2) is 21.9 Å². The second-order valence-electron chi connectivity index (χ2n) is 4.91. The zero-order valence-electron chi connectivity index (χ0n) is 12.1. The van der Waals surface area contributed by atoms with E-state index in [1.165, 1.54) is 0 Å². The van der Waals surface area contributed by atoms with E-state index in [0.717, 1.165) is 31.0 Å². The third-order valence-corrected chi connectivity index (χ3v) is 3.20. The topological polar surface area (TPSA) is 113 Å². The molecule has 0 aromatic heterocycles. The Kier molecular flexibility index (Phi) is 5.19. The van der Waals surface area contributed by atoms with Gasteiger partial charge in [0.2, 0.25) is 0 Å². The number of nitro benzene ring substituents is 2. The number of rotatable bonds is 4. The Morgan fingerprint density at radius 3 is 2.22 bits per heavy atom. The van der Waals surface area contributed by atoms with E-state index >= 15 is 0 Å². The molecule has 1 aliphatic rings. The van der Waals surface area contributed by atoms with Gasteiger partial charge in [0.15, 0.2) is 0 Å². The van der Waals surface area contributed by atoms with Gasteiger partial charge in [-0.2, -0.15) is 0 Å². The van der Waals surface area contributed by atoms with Gasteiger partial charge in [-0.25, -0.2) is 4.79 Å². The minimum absolute atomic E-state index is 0.217. The predicted octanol–water partition coefficient (Wildman–Crippen LogP) is 3.32. The Labute approximate surface area is 131 Å². The maximum Gasteiger partial charge on any atom is 0.339 e. The number of ether oxygens (including phenoxy) is 1. The van der Waals surface area contributed by atoms with Crippen LogP contribution in [0.5, 0.6) is 0 Å². The average molecular weight is 318 g/mol. The molecule has 0 unspecified atom stereocenters. The molecule has 0 N–H and O–H groups in total. The van der Waals surface area contributed by atoms with Crippen molar-refractivity contribution >= 4 is 17.3 Å². The molecule has 0 radical (unpaired) electrons. The number of allylic oxidation sites excluding steroid dienone is 2. The number of hydrogen-bond donors (Lipinski definition) is 0. The van der Waals surface area contributed by atoms with Gasteiger partial charge in [0.1, 0.15) is 6.10 Å². The third kappa shape index (κ3) is 4.47. The number of nitrogens with zero attached hydrogens (tertiary/aromatic N) is 2. The molecule has 1 aromatic carbocycles. The number of nitro groups is 2. The summed E-state index contributed by atoms with van der Waals surface area (Å²) >= 11 is 0. The number of carbonyl (C=O) groups is 1. The van der Waals surface area contributed by atoms with E-state index in [-0.39, 0.29) is 5.56 Å². The van der Waals surface area contributed by atoms with Crippen molar-refractivity contribution in [3.05, 3.63) is 68.3 Å². The first-order valence-corrected chi connectivity index (χ1v) is 6.94. The standard InChI is InChI=1S/C15H14N2O6/c18-15(23-14-6-4-2-1-3-5-7-14)11-8-12(16(19)20)10-13(9-11)17(21)22/h2,4-5,7-10,14H,1,3,6H2/t14-/m0/s1. The van der Waals surface area contributed by atoms with Crippen molar-refractivity contribution in [3.8, 4) is 0 Å². The lowest BCUT2D eigenvalue weighted by atomic mass is 10.1. The highest BCUT2D eigenvalue weighted by molar-refractivity contribution is 5.91. The monoisotopic (exact) mass is 318 g/mol. The summed E-state index contributed by atoms with van der Waals surface area (Å²) < 4.78 is 5.26. The maximum atomic E-state index is 12.1. The molecule has 1 aromatic rings. The summed E-state index contributed by atoms with van der Waals surface area (Å²) in [4.78, 5) is 32.2. The van der Waals surface area contributed by atoms with Crippen molar-refractivity contribution in [2.45, 2.75) is 25.4 Å². The van der Waals surface area contributed by atoms with Crippen molar-refractivity contribution in [2.75, 3.05) is 0 Å². The van der Waals surface area contributed by atoms with E-state index in [0.29, 0.717) is 6.42 Å². The number of non-ortho nitro benzene ring substituents is 2. The van der Waals surface area contributed by atoms with Gasteiger partial charge in [0, 0.05) is 18.6 Å². The van der Waals surface area contributed by atoms with Gasteiger partial charge in [0.05, 0.1) is 21.5 Å². The molecule has 0 heterocycles. The van der Waals surface area contributed by atoms with Crippen LogP contribution in [0, 0.1) is 20.2 Å². The quantitative estimate of drug-likeness (QED) is 0.364. The molecule has 2 rings (SSSR count). The highest BCUT2D eigenvalue weighted by atomic mass is 16.6. The van der Waals surface area contributed by atoms with Crippen molar-refractivity contribution in [3.63, 3.8) is 0 Å². The minimum Gasteiger partial charge on any atom is -0.454 e. The molecule has 0 spiro atoms. The molecule has 23 heavy (non-hydrogen) atoms. The molecule has 1 aliphatic carbocycles. The fraction of sp³-hybridized carbons (Fsp3) is 0.267. The zero-order valence-corrected chi connectivity index (χ0v) is 12.1. The van der Waals surface area contributed by atoms with Crippen LogP contribution >= 0.6 is 0 Å². The first-order chi connectivity index (χ1) is 11.0. The second-order valence-corrected chi connectivity index (χ2v) is 4.91. The molecule has 0 aliphatic heterocycles. The Morgan fingerprint density at radius 1 is 1.00 bits per heavy atom. The van der Waals surface area contributed by atoms with Crippen LogP contribution in [0.3, 0.4) is 0 Å². The Hall–Kier alpha value is -3.03. The molecular formula is C15H14N2O6. The molecule has 120 valence electrons. The van der Waals surface area contributed by atoms with Crippen LogP contribution in [0.4, 0.5) is 11.4 Å². The number of esters is 1. The molecule has 0 saturated carbocycles. The van der Waals surface area contributed by atoms with Gasteiger partial charge >= 0.3 is 5.97 Å². The van der Waals surface area contributed by atoms with E-state index in [4.69, 9.17) is 4.74 Å². The minimum atomic E-state index is -0.833. The summed E-state index contributed by atoms with van der Waals surface area (Å²) in [5.74, 6) is -0.833. The Bertz CT molecular complexity index is 663. The maximum absolute atomic E-state index is 12.1. The smallest absolute Gasteiger partial charge is 0.339 e. The number of hydrogen-bond acceptors (Lipinski definition) is 6. The van der Waals surface area contributed by atoms with Crippen LogP contribution in [0.2, 0.25) is 0 Å². The van der Waals surface area contributed by atoms with Gasteiger partial charge in [-0.15, -0.1) is 0 Å². The summed E-state index contributed by atoms with van der Waals surface area (Å²) in [5.41, 5.74) is -1.27. The summed E-state index contributed by atoms with van der Waals surface area (Å²) in [6.07, 6.45) is 9.21. The first kappa shape index (κ1) is 16.3. The largest absolute Gasteiger partial charge is 0.454 e. The van der Waals surface area contributed by atoms with Crippen LogP contribution in [0.25, 0.3) is 0 Å².